The minimum absolute atomic E-state index is 0.0671. The fourth-order valence-electron chi connectivity index (χ4n) is 2.70. The summed E-state index contributed by atoms with van der Waals surface area (Å²) < 4.78 is 40.5. The van der Waals surface area contributed by atoms with E-state index in [0.717, 1.165) is 18.5 Å². The van der Waals surface area contributed by atoms with Crippen molar-refractivity contribution in [2.45, 2.75) is 45.1 Å². The second-order valence-electron chi connectivity index (χ2n) is 5.85. The molecule has 2 aliphatic rings. The van der Waals surface area contributed by atoms with E-state index in [4.69, 9.17) is 4.74 Å². The van der Waals surface area contributed by atoms with Crippen LogP contribution >= 0.6 is 0 Å². The van der Waals surface area contributed by atoms with Crippen LogP contribution in [0, 0.1) is 5.92 Å². The molecule has 0 spiro atoms. The number of anilines is 1. The van der Waals surface area contributed by atoms with Gasteiger partial charge in [-0.25, -0.2) is 0 Å². The fraction of sp³-hybridized carbons (Fsp3) is 0.600. The maximum absolute atomic E-state index is 13.0. The predicted molar refractivity (Wildman–Crippen MR) is 73.9 cm³/mol. The quantitative estimate of drug-likeness (QED) is 0.925. The Morgan fingerprint density at radius 1 is 1.24 bits per heavy atom. The van der Waals surface area contributed by atoms with Crippen LogP contribution in [0.2, 0.25) is 0 Å². The molecule has 1 saturated heterocycles. The van der Waals surface area contributed by atoms with Crippen LogP contribution in [0.5, 0.6) is 11.5 Å². The van der Waals surface area contributed by atoms with Gasteiger partial charge in [0, 0.05) is 24.4 Å². The topological polar surface area (TPSA) is 39.7 Å². The van der Waals surface area contributed by atoms with E-state index in [-0.39, 0.29) is 23.6 Å². The van der Waals surface area contributed by atoms with Crippen molar-refractivity contribution in [2.75, 3.05) is 11.9 Å². The van der Waals surface area contributed by atoms with Gasteiger partial charge in [-0.1, -0.05) is 13.8 Å². The van der Waals surface area contributed by atoms with E-state index in [1.807, 2.05) is 0 Å². The molecule has 2 aliphatic heterocycles. The first-order chi connectivity index (χ1) is 9.93. The van der Waals surface area contributed by atoms with Gasteiger partial charge in [0.2, 0.25) is 0 Å². The van der Waals surface area contributed by atoms with Gasteiger partial charge in [-0.2, -0.15) is 0 Å². The molecular formula is C15H19F2NO3. The third-order valence-electron chi connectivity index (χ3n) is 3.83. The van der Waals surface area contributed by atoms with Crippen molar-refractivity contribution in [1.29, 1.82) is 0 Å². The molecule has 1 aromatic rings. The summed E-state index contributed by atoms with van der Waals surface area (Å²) in [4.78, 5) is 0. The molecule has 0 saturated carbocycles. The Hall–Kier alpha value is -1.56. The van der Waals surface area contributed by atoms with Crippen molar-refractivity contribution in [1.82, 2.24) is 0 Å². The number of hydrogen-bond donors (Lipinski definition) is 1. The van der Waals surface area contributed by atoms with Gasteiger partial charge in [-0.15, -0.1) is 8.78 Å². The summed E-state index contributed by atoms with van der Waals surface area (Å²) in [5.41, 5.74) is 0.754. The summed E-state index contributed by atoms with van der Waals surface area (Å²) in [6, 6.07) is 5.05. The standard InChI is InChI=1S/C15H19F2NO3/c1-9(2)13-7-11(5-6-19-13)18-10-3-4-12-14(8-10)21-15(16,17)20-12/h3-4,8-9,11,13,18H,5-7H2,1-2H3. The van der Waals surface area contributed by atoms with Gasteiger partial charge in [0.15, 0.2) is 11.5 Å². The predicted octanol–water partition coefficient (Wildman–Crippen LogP) is 3.62. The summed E-state index contributed by atoms with van der Waals surface area (Å²) in [6.07, 6.45) is -1.53. The van der Waals surface area contributed by atoms with Crippen LogP contribution in [0.15, 0.2) is 18.2 Å². The molecule has 21 heavy (non-hydrogen) atoms. The van der Waals surface area contributed by atoms with E-state index in [9.17, 15) is 8.78 Å². The highest BCUT2D eigenvalue weighted by molar-refractivity contribution is 5.56. The SMILES string of the molecule is CC(C)C1CC(Nc2ccc3c(c2)OC(F)(F)O3)CCO1. The first kappa shape index (κ1) is 14.4. The highest BCUT2D eigenvalue weighted by atomic mass is 19.3. The number of nitrogens with one attached hydrogen (secondary N) is 1. The molecule has 2 atom stereocenters. The zero-order chi connectivity index (χ0) is 15.0. The Morgan fingerprint density at radius 2 is 2.00 bits per heavy atom. The number of rotatable bonds is 3. The summed E-state index contributed by atoms with van der Waals surface area (Å²) in [5.74, 6) is 0.597. The van der Waals surface area contributed by atoms with Gasteiger partial charge in [0.1, 0.15) is 0 Å². The molecule has 1 fully saturated rings. The van der Waals surface area contributed by atoms with Crippen LogP contribution in [-0.4, -0.2) is 25.0 Å². The third kappa shape index (κ3) is 3.20. The normalized spacial score (nSPS) is 26.9. The van der Waals surface area contributed by atoms with Gasteiger partial charge in [-0.05, 0) is 30.9 Å². The summed E-state index contributed by atoms with van der Waals surface area (Å²) >= 11 is 0. The lowest BCUT2D eigenvalue weighted by atomic mass is 9.95. The van der Waals surface area contributed by atoms with Gasteiger partial charge in [0.25, 0.3) is 0 Å². The second kappa shape index (κ2) is 5.33. The number of hydrogen-bond acceptors (Lipinski definition) is 4. The molecule has 3 rings (SSSR count). The largest absolute Gasteiger partial charge is 0.586 e. The Balaban J connectivity index is 1.66. The molecule has 116 valence electrons. The zero-order valence-electron chi connectivity index (χ0n) is 12.1. The fourth-order valence-corrected chi connectivity index (χ4v) is 2.70. The minimum Gasteiger partial charge on any atom is -0.395 e. The smallest absolute Gasteiger partial charge is 0.395 e. The average Bonchev–Trinajstić information content (AvgIpc) is 2.72. The van der Waals surface area contributed by atoms with Crippen molar-refractivity contribution in [3.8, 4) is 11.5 Å². The first-order valence-electron chi connectivity index (χ1n) is 7.21. The number of benzene rings is 1. The van der Waals surface area contributed by atoms with Crippen LogP contribution in [0.3, 0.4) is 0 Å². The molecule has 0 radical (unpaired) electrons. The van der Waals surface area contributed by atoms with Crippen LogP contribution in [0.1, 0.15) is 26.7 Å². The first-order valence-corrected chi connectivity index (χ1v) is 7.21. The number of fused-ring (bicyclic) bond motifs is 1. The van der Waals surface area contributed by atoms with Crippen LogP contribution in [0.25, 0.3) is 0 Å². The van der Waals surface area contributed by atoms with E-state index in [1.165, 1.54) is 6.07 Å². The number of alkyl halides is 2. The lowest BCUT2D eigenvalue weighted by Crippen LogP contribution is -2.36. The Kier molecular flexibility index (Phi) is 3.65. The van der Waals surface area contributed by atoms with Crippen molar-refractivity contribution in [3.63, 3.8) is 0 Å². The van der Waals surface area contributed by atoms with Crippen LogP contribution < -0.4 is 14.8 Å². The van der Waals surface area contributed by atoms with Crippen LogP contribution in [0.4, 0.5) is 14.5 Å². The summed E-state index contributed by atoms with van der Waals surface area (Å²) in [7, 11) is 0. The monoisotopic (exact) mass is 299 g/mol. The molecule has 6 heteroatoms. The van der Waals surface area contributed by atoms with E-state index in [1.54, 1.807) is 12.1 Å². The molecule has 2 unspecified atom stereocenters. The molecule has 0 aromatic heterocycles. The number of halogens is 2. The van der Waals surface area contributed by atoms with Crippen molar-refractivity contribution in [3.05, 3.63) is 18.2 Å². The van der Waals surface area contributed by atoms with E-state index in [0.29, 0.717) is 12.5 Å². The maximum Gasteiger partial charge on any atom is 0.586 e. The van der Waals surface area contributed by atoms with Gasteiger partial charge < -0.3 is 19.5 Å². The molecular weight excluding hydrogens is 280 g/mol. The van der Waals surface area contributed by atoms with Crippen molar-refractivity contribution >= 4 is 5.69 Å². The lowest BCUT2D eigenvalue weighted by Gasteiger charge is -2.33. The van der Waals surface area contributed by atoms with Crippen LogP contribution in [-0.2, 0) is 4.74 Å². The molecule has 1 N–H and O–H groups in total. The third-order valence-corrected chi connectivity index (χ3v) is 3.83. The Bertz CT molecular complexity index is 522. The van der Waals surface area contributed by atoms with Gasteiger partial charge >= 0.3 is 6.29 Å². The van der Waals surface area contributed by atoms with E-state index < -0.39 is 6.29 Å². The van der Waals surface area contributed by atoms with E-state index >= 15 is 0 Å². The van der Waals surface area contributed by atoms with E-state index in [2.05, 4.69) is 28.6 Å². The summed E-state index contributed by atoms with van der Waals surface area (Å²) in [5, 5.41) is 3.36. The molecule has 0 amide bonds. The van der Waals surface area contributed by atoms with Crippen molar-refractivity contribution < 1.29 is 23.0 Å². The molecule has 1 aromatic carbocycles. The van der Waals surface area contributed by atoms with Gasteiger partial charge in [0.05, 0.1) is 6.10 Å². The Labute approximate surface area is 122 Å². The lowest BCUT2D eigenvalue weighted by molar-refractivity contribution is -0.286. The summed E-state index contributed by atoms with van der Waals surface area (Å²) in [6.45, 7) is 4.98. The molecule has 2 heterocycles. The average molecular weight is 299 g/mol. The maximum atomic E-state index is 13.0. The Morgan fingerprint density at radius 3 is 2.76 bits per heavy atom. The number of ether oxygens (including phenoxy) is 3. The second-order valence-corrected chi connectivity index (χ2v) is 5.85. The highest BCUT2D eigenvalue weighted by Gasteiger charge is 2.43. The molecule has 0 bridgehead atoms. The van der Waals surface area contributed by atoms with Gasteiger partial charge in [-0.3, -0.25) is 0 Å². The molecule has 4 nitrogen and oxygen atoms in total. The minimum atomic E-state index is -3.57. The zero-order valence-corrected chi connectivity index (χ0v) is 12.1. The highest BCUT2D eigenvalue weighted by Crippen LogP contribution is 2.42. The van der Waals surface area contributed by atoms with Crippen molar-refractivity contribution in [2.24, 2.45) is 5.92 Å². The molecule has 0 aliphatic carbocycles.